The third-order valence-electron chi connectivity index (χ3n) is 6.13. The van der Waals surface area contributed by atoms with Crippen molar-refractivity contribution < 1.29 is 9.22 Å². The zero-order valence-corrected chi connectivity index (χ0v) is 18.2. The molecule has 2 nitrogen and oxygen atoms in total. The number of rotatable bonds is 8. The van der Waals surface area contributed by atoms with E-state index in [1.165, 1.54) is 44.1 Å². The van der Waals surface area contributed by atoms with Crippen molar-refractivity contribution in [1.82, 2.24) is 0 Å². The summed E-state index contributed by atoms with van der Waals surface area (Å²) >= 11 is 0. The lowest BCUT2D eigenvalue weighted by Gasteiger charge is -2.40. The molecule has 0 amide bonds. The second-order valence-corrected chi connectivity index (χ2v) is 14.1. The molecular formula is C21H40O2Si. The third-order valence-corrected chi connectivity index (χ3v) is 10.6. The molecule has 0 aromatic rings. The van der Waals surface area contributed by atoms with E-state index >= 15 is 0 Å². The lowest BCUT2D eigenvalue weighted by Crippen LogP contribution is -2.46. The van der Waals surface area contributed by atoms with Crippen LogP contribution in [0.3, 0.4) is 0 Å². The van der Waals surface area contributed by atoms with Crippen LogP contribution in [-0.2, 0) is 9.22 Å². The van der Waals surface area contributed by atoms with Crippen LogP contribution in [0.2, 0.25) is 18.1 Å². The van der Waals surface area contributed by atoms with Crippen molar-refractivity contribution in [2.45, 2.75) is 104 Å². The molecular weight excluding hydrogens is 312 g/mol. The van der Waals surface area contributed by atoms with E-state index in [2.05, 4.69) is 46.9 Å². The molecule has 0 aliphatic heterocycles. The molecule has 140 valence electrons. The highest BCUT2D eigenvalue weighted by atomic mass is 28.4. The standard InChI is InChI=1S/C21H40O2Si/c1-17(12-11-15-19-13-9-8-10-14-19)20(18(2)16-22)23-24(6,7)21(3,4)5/h12,16,18-20H,8-11,13-15H2,1-7H3/b17-12+/t18-,20+/m1/s1. The number of hydrogen-bond acceptors (Lipinski definition) is 2. The topological polar surface area (TPSA) is 26.3 Å². The van der Waals surface area contributed by atoms with Crippen molar-refractivity contribution >= 4 is 14.6 Å². The Morgan fingerprint density at radius 2 is 1.79 bits per heavy atom. The second kappa shape index (κ2) is 9.33. The summed E-state index contributed by atoms with van der Waals surface area (Å²) in [6, 6.07) is 0. The fourth-order valence-corrected chi connectivity index (χ4v) is 4.71. The van der Waals surface area contributed by atoms with Gasteiger partial charge in [-0.2, -0.15) is 0 Å². The molecule has 1 rings (SSSR count). The smallest absolute Gasteiger partial charge is 0.192 e. The largest absolute Gasteiger partial charge is 0.410 e. The summed E-state index contributed by atoms with van der Waals surface area (Å²) in [5.74, 6) is 0.830. The lowest BCUT2D eigenvalue weighted by atomic mass is 9.86. The van der Waals surface area contributed by atoms with Gasteiger partial charge in [0.05, 0.1) is 6.10 Å². The maximum atomic E-state index is 11.4. The van der Waals surface area contributed by atoms with E-state index in [0.717, 1.165) is 18.6 Å². The van der Waals surface area contributed by atoms with E-state index < -0.39 is 8.32 Å². The zero-order chi connectivity index (χ0) is 18.4. The van der Waals surface area contributed by atoms with E-state index in [-0.39, 0.29) is 17.1 Å². The Balaban J connectivity index is 2.71. The maximum Gasteiger partial charge on any atom is 0.192 e. The fraction of sp³-hybridized carbons (Fsp3) is 0.857. The summed E-state index contributed by atoms with van der Waals surface area (Å²) in [6.07, 6.45) is 12.8. The molecule has 0 unspecified atom stereocenters. The normalized spacial score (nSPS) is 20.7. The highest BCUT2D eigenvalue weighted by Crippen LogP contribution is 2.39. The minimum atomic E-state index is -1.88. The molecule has 24 heavy (non-hydrogen) atoms. The summed E-state index contributed by atoms with van der Waals surface area (Å²) in [5, 5.41) is 0.163. The van der Waals surface area contributed by atoms with E-state index in [4.69, 9.17) is 4.43 Å². The van der Waals surface area contributed by atoms with Gasteiger partial charge in [0.2, 0.25) is 0 Å². The van der Waals surface area contributed by atoms with Gasteiger partial charge >= 0.3 is 0 Å². The molecule has 0 aromatic heterocycles. The van der Waals surface area contributed by atoms with Crippen molar-refractivity contribution in [3.8, 4) is 0 Å². The van der Waals surface area contributed by atoms with Gasteiger partial charge < -0.3 is 9.22 Å². The summed E-state index contributed by atoms with van der Waals surface area (Å²) in [7, 11) is -1.88. The van der Waals surface area contributed by atoms with Crippen LogP contribution in [0.15, 0.2) is 11.6 Å². The Labute approximate surface area is 151 Å². The highest BCUT2D eigenvalue weighted by Gasteiger charge is 2.40. The summed E-state index contributed by atoms with van der Waals surface area (Å²) < 4.78 is 6.60. The van der Waals surface area contributed by atoms with Crippen LogP contribution in [0.5, 0.6) is 0 Å². The average molecular weight is 353 g/mol. The molecule has 1 saturated carbocycles. The second-order valence-electron chi connectivity index (χ2n) is 9.32. The zero-order valence-electron chi connectivity index (χ0n) is 17.2. The van der Waals surface area contributed by atoms with E-state index in [0.29, 0.717) is 0 Å². The predicted octanol–water partition coefficient (Wildman–Crippen LogP) is 6.52. The van der Waals surface area contributed by atoms with Crippen LogP contribution < -0.4 is 0 Å². The highest BCUT2D eigenvalue weighted by molar-refractivity contribution is 6.74. The van der Waals surface area contributed by atoms with Crippen LogP contribution in [0.1, 0.15) is 79.6 Å². The summed E-state index contributed by atoms with van der Waals surface area (Å²) in [5.41, 5.74) is 1.25. The molecule has 0 aromatic carbocycles. The quantitative estimate of drug-likeness (QED) is 0.282. The van der Waals surface area contributed by atoms with Crippen molar-refractivity contribution in [1.29, 1.82) is 0 Å². The van der Waals surface area contributed by atoms with Gasteiger partial charge in [-0.1, -0.05) is 65.9 Å². The first-order chi connectivity index (χ1) is 11.1. The van der Waals surface area contributed by atoms with Crippen molar-refractivity contribution in [3.05, 3.63) is 11.6 Å². The molecule has 1 fully saturated rings. The van der Waals surface area contributed by atoms with Crippen molar-refractivity contribution in [2.24, 2.45) is 11.8 Å². The van der Waals surface area contributed by atoms with Gasteiger partial charge in [-0.3, -0.25) is 0 Å². The van der Waals surface area contributed by atoms with Gasteiger partial charge in [-0.05, 0) is 49.4 Å². The fourth-order valence-electron chi connectivity index (χ4n) is 3.32. The maximum absolute atomic E-state index is 11.4. The molecule has 1 aliphatic carbocycles. The molecule has 2 atom stereocenters. The molecule has 0 saturated heterocycles. The number of hydrogen-bond donors (Lipinski definition) is 0. The first-order valence-electron chi connectivity index (χ1n) is 9.88. The first-order valence-corrected chi connectivity index (χ1v) is 12.8. The van der Waals surface area contributed by atoms with Gasteiger partial charge in [-0.25, -0.2) is 0 Å². The third kappa shape index (κ3) is 6.48. The molecule has 0 spiro atoms. The van der Waals surface area contributed by atoms with Gasteiger partial charge in [0.1, 0.15) is 6.29 Å². The van der Waals surface area contributed by atoms with Crippen LogP contribution in [0, 0.1) is 11.8 Å². The Morgan fingerprint density at radius 1 is 1.21 bits per heavy atom. The minimum Gasteiger partial charge on any atom is -0.410 e. The Hall–Kier alpha value is -0.413. The van der Waals surface area contributed by atoms with Crippen molar-refractivity contribution in [3.63, 3.8) is 0 Å². The van der Waals surface area contributed by atoms with Gasteiger partial charge in [0.25, 0.3) is 0 Å². The minimum absolute atomic E-state index is 0.0604. The Morgan fingerprint density at radius 3 is 2.29 bits per heavy atom. The van der Waals surface area contributed by atoms with Gasteiger partial charge in [-0.15, -0.1) is 0 Å². The van der Waals surface area contributed by atoms with Crippen LogP contribution >= 0.6 is 0 Å². The molecule has 0 bridgehead atoms. The summed E-state index contributed by atoms with van der Waals surface area (Å²) in [6.45, 7) is 15.4. The molecule has 1 aliphatic rings. The van der Waals surface area contributed by atoms with Crippen LogP contribution in [0.25, 0.3) is 0 Å². The molecule has 0 heterocycles. The molecule has 3 heteroatoms. The molecule has 0 radical (unpaired) electrons. The van der Waals surface area contributed by atoms with E-state index in [1.807, 2.05) is 6.92 Å². The van der Waals surface area contributed by atoms with Crippen LogP contribution in [0.4, 0.5) is 0 Å². The summed E-state index contributed by atoms with van der Waals surface area (Å²) in [4.78, 5) is 11.4. The Kier molecular flexibility index (Phi) is 8.41. The number of carbonyl (C=O) groups excluding carboxylic acids is 1. The number of allylic oxidation sites excluding steroid dienone is 1. The number of aldehydes is 1. The van der Waals surface area contributed by atoms with Gasteiger partial charge in [0.15, 0.2) is 8.32 Å². The monoisotopic (exact) mass is 352 g/mol. The predicted molar refractivity (Wildman–Crippen MR) is 107 cm³/mol. The average Bonchev–Trinajstić information content (AvgIpc) is 2.51. The SMILES string of the molecule is C/C(=C\CCC1CCCCC1)[C@H](O[Si](C)(C)C(C)(C)C)[C@H](C)C=O. The first kappa shape index (κ1) is 21.6. The van der Waals surface area contributed by atoms with E-state index in [1.54, 1.807) is 0 Å². The molecule has 0 N–H and O–H groups in total. The van der Waals surface area contributed by atoms with Gasteiger partial charge in [0, 0.05) is 5.92 Å². The Bertz CT molecular complexity index is 414. The van der Waals surface area contributed by atoms with Crippen molar-refractivity contribution in [2.75, 3.05) is 0 Å². The van der Waals surface area contributed by atoms with E-state index in [9.17, 15) is 4.79 Å². The lowest BCUT2D eigenvalue weighted by molar-refractivity contribution is -0.112. The number of carbonyl (C=O) groups is 1. The van der Waals surface area contributed by atoms with Crippen LogP contribution in [-0.4, -0.2) is 20.7 Å².